The molecule has 5 rings (SSSR count). The molecule has 4 heterocycles. The van der Waals surface area contributed by atoms with Crippen molar-refractivity contribution in [1.29, 1.82) is 0 Å². The highest BCUT2D eigenvalue weighted by Crippen LogP contribution is 2.26. The zero-order chi connectivity index (χ0) is 18.4. The van der Waals surface area contributed by atoms with E-state index in [9.17, 15) is 4.79 Å². The number of benzene rings is 1. The summed E-state index contributed by atoms with van der Waals surface area (Å²) in [5, 5.41) is 0.835. The van der Waals surface area contributed by atoms with E-state index in [-0.39, 0.29) is 5.56 Å². The van der Waals surface area contributed by atoms with E-state index >= 15 is 0 Å². The van der Waals surface area contributed by atoms with E-state index in [1.807, 2.05) is 66.1 Å². The maximum atomic E-state index is 13.6. The lowest BCUT2D eigenvalue weighted by Gasteiger charge is -2.11. The van der Waals surface area contributed by atoms with Crippen molar-refractivity contribution in [3.8, 4) is 11.4 Å². The van der Waals surface area contributed by atoms with Crippen LogP contribution in [-0.2, 0) is 0 Å². The highest BCUT2D eigenvalue weighted by Gasteiger charge is 2.20. The number of imidazole rings is 1. The van der Waals surface area contributed by atoms with Crippen LogP contribution in [0.2, 0.25) is 0 Å². The van der Waals surface area contributed by atoms with Gasteiger partial charge in [0.15, 0.2) is 0 Å². The lowest BCUT2D eigenvalue weighted by molar-refractivity contribution is 0.965. The summed E-state index contributed by atoms with van der Waals surface area (Å²) >= 11 is 0. The Morgan fingerprint density at radius 3 is 2.41 bits per heavy atom. The number of aromatic nitrogens is 5. The van der Waals surface area contributed by atoms with Crippen LogP contribution in [0.3, 0.4) is 0 Å². The number of aryl methyl sites for hydroxylation is 1. The fraction of sp³-hybridized carbons (Fsp3) is 0.0476. The van der Waals surface area contributed by atoms with Crippen LogP contribution >= 0.6 is 0 Å². The molecule has 6 heteroatoms. The zero-order valence-corrected chi connectivity index (χ0v) is 14.6. The van der Waals surface area contributed by atoms with Crippen LogP contribution in [0.15, 0.2) is 78.0 Å². The van der Waals surface area contributed by atoms with E-state index in [0.717, 1.165) is 22.6 Å². The molecule has 0 aliphatic carbocycles. The summed E-state index contributed by atoms with van der Waals surface area (Å²) in [7, 11) is 0. The normalized spacial score (nSPS) is 11.3. The molecule has 0 atom stereocenters. The molecule has 4 aromatic heterocycles. The van der Waals surface area contributed by atoms with Gasteiger partial charge in [0.2, 0.25) is 0 Å². The van der Waals surface area contributed by atoms with Crippen molar-refractivity contribution in [2.75, 3.05) is 0 Å². The first-order chi connectivity index (χ1) is 13.3. The number of para-hydroxylation sites is 1. The molecule has 0 spiro atoms. The topological polar surface area (TPSA) is 65.6 Å². The molecule has 0 unspecified atom stereocenters. The molecule has 5 aromatic rings. The van der Waals surface area contributed by atoms with Crippen molar-refractivity contribution >= 4 is 22.1 Å². The van der Waals surface area contributed by atoms with E-state index < -0.39 is 0 Å². The smallest absolute Gasteiger partial charge is 0.283 e. The maximum absolute atomic E-state index is 13.6. The maximum Gasteiger partial charge on any atom is 0.283 e. The number of hydrogen-bond donors (Lipinski definition) is 0. The van der Waals surface area contributed by atoms with Gasteiger partial charge in [-0.05, 0) is 43.3 Å². The predicted octanol–water partition coefficient (Wildman–Crippen LogP) is 3.43. The first kappa shape index (κ1) is 15.5. The number of hydrogen-bond acceptors (Lipinski definition) is 4. The molecule has 0 amide bonds. The molecule has 1 aromatic carbocycles. The SMILES string of the molecule is Cc1nc2c3cccnc3n(-c3ccccc3)c(=O)c2n1-c1cccnc1. The molecule has 0 saturated carbocycles. The van der Waals surface area contributed by atoms with E-state index in [1.165, 1.54) is 0 Å². The predicted molar refractivity (Wildman–Crippen MR) is 104 cm³/mol. The fourth-order valence-corrected chi connectivity index (χ4v) is 3.50. The Morgan fingerprint density at radius 1 is 0.852 bits per heavy atom. The standard InChI is InChI=1S/C21H15N5O/c1-14-24-18-17-10-6-12-23-20(17)26(15-7-3-2-4-8-15)21(27)19(18)25(14)16-9-5-11-22-13-16/h2-13H,1H3. The van der Waals surface area contributed by atoms with Crippen LogP contribution in [0, 0.1) is 6.92 Å². The fourth-order valence-electron chi connectivity index (χ4n) is 3.50. The van der Waals surface area contributed by atoms with E-state index in [2.05, 4.69) is 9.97 Å². The van der Waals surface area contributed by atoms with Gasteiger partial charge in [-0.15, -0.1) is 0 Å². The molecular formula is C21H15N5O. The van der Waals surface area contributed by atoms with Crippen LogP contribution in [0.4, 0.5) is 0 Å². The Bertz CT molecular complexity index is 1340. The summed E-state index contributed by atoms with van der Waals surface area (Å²) in [6, 6.07) is 17.1. The largest absolute Gasteiger partial charge is 0.290 e. The van der Waals surface area contributed by atoms with Gasteiger partial charge in [0.25, 0.3) is 5.56 Å². The quantitative estimate of drug-likeness (QED) is 0.488. The van der Waals surface area contributed by atoms with Crippen molar-refractivity contribution in [1.82, 2.24) is 24.1 Å². The highest BCUT2D eigenvalue weighted by molar-refractivity contribution is 6.02. The lowest BCUT2D eigenvalue weighted by Crippen LogP contribution is -2.22. The van der Waals surface area contributed by atoms with Gasteiger partial charge in [0.05, 0.1) is 17.6 Å². The number of nitrogens with zero attached hydrogens (tertiary/aromatic N) is 5. The minimum absolute atomic E-state index is 0.160. The molecule has 0 bridgehead atoms. The van der Waals surface area contributed by atoms with Gasteiger partial charge >= 0.3 is 0 Å². The molecular weight excluding hydrogens is 338 g/mol. The third-order valence-electron chi connectivity index (χ3n) is 4.62. The molecule has 6 nitrogen and oxygen atoms in total. The Hall–Kier alpha value is -3.80. The summed E-state index contributed by atoms with van der Waals surface area (Å²) < 4.78 is 3.50. The minimum Gasteiger partial charge on any atom is -0.290 e. The van der Waals surface area contributed by atoms with Crippen molar-refractivity contribution in [3.05, 3.63) is 89.4 Å². The molecule has 0 aliphatic rings. The number of fused-ring (bicyclic) bond motifs is 3. The van der Waals surface area contributed by atoms with Crippen LogP contribution < -0.4 is 5.56 Å². The third kappa shape index (κ3) is 2.27. The van der Waals surface area contributed by atoms with E-state index in [0.29, 0.717) is 16.7 Å². The van der Waals surface area contributed by atoms with Gasteiger partial charge in [-0.1, -0.05) is 18.2 Å². The van der Waals surface area contributed by atoms with Crippen LogP contribution in [0.1, 0.15) is 5.82 Å². The second-order valence-corrected chi connectivity index (χ2v) is 6.25. The molecule has 0 aliphatic heterocycles. The second-order valence-electron chi connectivity index (χ2n) is 6.25. The molecule has 130 valence electrons. The van der Waals surface area contributed by atoms with Crippen molar-refractivity contribution in [3.63, 3.8) is 0 Å². The second kappa shape index (κ2) is 5.88. The van der Waals surface area contributed by atoms with Crippen LogP contribution in [0.5, 0.6) is 0 Å². The van der Waals surface area contributed by atoms with Gasteiger partial charge in [-0.2, -0.15) is 0 Å². The average Bonchev–Trinajstić information content (AvgIpc) is 3.07. The van der Waals surface area contributed by atoms with Crippen LogP contribution in [-0.4, -0.2) is 24.1 Å². The average molecular weight is 353 g/mol. The van der Waals surface area contributed by atoms with Gasteiger partial charge in [0.1, 0.15) is 22.5 Å². The lowest BCUT2D eigenvalue weighted by atomic mass is 10.2. The Morgan fingerprint density at radius 2 is 1.63 bits per heavy atom. The highest BCUT2D eigenvalue weighted by atomic mass is 16.1. The summed E-state index contributed by atoms with van der Waals surface area (Å²) in [5.74, 6) is 0.728. The summed E-state index contributed by atoms with van der Waals surface area (Å²) in [6.07, 6.45) is 5.13. The summed E-state index contributed by atoms with van der Waals surface area (Å²) in [5.41, 5.74) is 3.17. The van der Waals surface area contributed by atoms with E-state index in [4.69, 9.17) is 4.98 Å². The van der Waals surface area contributed by atoms with Crippen molar-refractivity contribution in [2.24, 2.45) is 0 Å². The number of rotatable bonds is 2. The monoisotopic (exact) mass is 353 g/mol. The number of pyridine rings is 3. The van der Waals surface area contributed by atoms with Gasteiger partial charge in [-0.3, -0.25) is 18.9 Å². The molecule has 27 heavy (non-hydrogen) atoms. The van der Waals surface area contributed by atoms with Crippen LogP contribution in [0.25, 0.3) is 33.4 Å². The first-order valence-electron chi connectivity index (χ1n) is 8.60. The minimum atomic E-state index is -0.160. The summed E-state index contributed by atoms with van der Waals surface area (Å²) in [6.45, 7) is 1.89. The Kier molecular flexibility index (Phi) is 3.36. The Balaban J connectivity index is 2.02. The molecule has 0 radical (unpaired) electrons. The van der Waals surface area contributed by atoms with Gasteiger partial charge in [-0.25, -0.2) is 9.97 Å². The third-order valence-corrected chi connectivity index (χ3v) is 4.62. The zero-order valence-electron chi connectivity index (χ0n) is 14.6. The Labute approximate surface area is 154 Å². The summed E-state index contributed by atoms with van der Waals surface area (Å²) in [4.78, 5) is 27.0. The first-order valence-corrected chi connectivity index (χ1v) is 8.60. The van der Waals surface area contributed by atoms with E-state index in [1.54, 1.807) is 23.2 Å². The molecule has 0 N–H and O–H groups in total. The molecule has 0 fully saturated rings. The van der Waals surface area contributed by atoms with Gasteiger partial charge in [0, 0.05) is 17.8 Å². The van der Waals surface area contributed by atoms with Crippen molar-refractivity contribution < 1.29 is 0 Å². The van der Waals surface area contributed by atoms with Gasteiger partial charge < -0.3 is 0 Å². The molecule has 0 saturated heterocycles. The van der Waals surface area contributed by atoms with Crippen molar-refractivity contribution in [2.45, 2.75) is 6.92 Å².